The quantitative estimate of drug-likeness (QED) is 0.864. The van der Waals surface area contributed by atoms with Crippen LogP contribution >= 0.6 is 0 Å². The summed E-state index contributed by atoms with van der Waals surface area (Å²) in [5, 5.41) is 11.8. The highest BCUT2D eigenvalue weighted by Gasteiger charge is 2.52. The van der Waals surface area contributed by atoms with Crippen molar-refractivity contribution in [3.8, 4) is 6.07 Å². The number of carbonyl (C=O) groups excluding carboxylic acids is 2. The number of benzene rings is 1. The average molecular weight is 298 g/mol. The van der Waals surface area contributed by atoms with E-state index in [0.717, 1.165) is 19.3 Å². The largest absolute Gasteiger partial charge is 0.469 e. The molecule has 2 bridgehead atoms. The lowest BCUT2D eigenvalue weighted by Crippen LogP contribution is -2.47. The Bertz CT molecular complexity index is 632. The summed E-state index contributed by atoms with van der Waals surface area (Å²) in [7, 11) is 1.40. The third-order valence-electron chi connectivity index (χ3n) is 4.96. The van der Waals surface area contributed by atoms with E-state index in [2.05, 4.69) is 5.32 Å². The Kier molecular flexibility index (Phi) is 3.84. The molecule has 0 saturated heterocycles. The Morgan fingerprint density at radius 2 is 1.91 bits per heavy atom. The first-order valence-electron chi connectivity index (χ1n) is 7.53. The fraction of sp³-hybridized carbons (Fsp3) is 0.471. The van der Waals surface area contributed by atoms with Crippen molar-refractivity contribution in [2.45, 2.75) is 25.3 Å². The standard InChI is InChI=1S/C17H18N2O3/c1-22-17(21)14-12-6-7-13(8-12)15(14)19-16(20)11-4-2-10(9-18)3-5-11/h2-5,12-15H,6-8H2,1H3,(H,19,20)/t12-,13-,14-,15-/m0/s1. The van der Waals surface area contributed by atoms with Crippen molar-refractivity contribution in [1.29, 1.82) is 5.26 Å². The molecule has 22 heavy (non-hydrogen) atoms. The van der Waals surface area contributed by atoms with Crippen LogP contribution in [-0.4, -0.2) is 25.0 Å². The van der Waals surface area contributed by atoms with Gasteiger partial charge in [0.05, 0.1) is 24.7 Å². The van der Waals surface area contributed by atoms with E-state index in [1.807, 2.05) is 6.07 Å². The van der Waals surface area contributed by atoms with E-state index in [1.54, 1.807) is 24.3 Å². The van der Waals surface area contributed by atoms with Gasteiger partial charge in [0.1, 0.15) is 0 Å². The first-order valence-corrected chi connectivity index (χ1v) is 7.53. The number of amides is 1. The summed E-state index contributed by atoms with van der Waals surface area (Å²) in [6, 6.07) is 8.38. The maximum Gasteiger partial charge on any atom is 0.311 e. The van der Waals surface area contributed by atoms with Gasteiger partial charge in [0.25, 0.3) is 5.91 Å². The molecule has 3 rings (SSSR count). The molecule has 114 valence electrons. The summed E-state index contributed by atoms with van der Waals surface area (Å²) in [5.41, 5.74) is 1.02. The van der Waals surface area contributed by atoms with Crippen LogP contribution in [0, 0.1) is 29.1 Å². The number of hydrogen-bond donors (Lipinski definition) is 1. The Balaban J connectivity index is 1.74. The minimum absolute atomic E-state index is 0.144. The lowest BCUT2D eigenvalue weighted by atomic mass is 9.84. The Morgan fingerprint density at radius 3 is 2.55 bits per heavy atom. The number of hydrogen-bond acceptors (Lipinski definition) is 4. The topological polar surface area (TPSA) is 79.2 Å². The summed E-state index contributed by atoms with van der Waals surface area (Å²) in [6.07, 6.45) is 3.07. The average Bonchev–Trinajstić information content (AvgIpc) is 3.15. The minimum atomic E-state index is -0.230. The van der Waals surface area contributed by atoms with E-state index in [4.69, 9.17) is 10.00 Å². The van der Waals surface area contributed by atoms with Gasteiger partial charge in [-0.15, -0.1) is 0 Å². The van der Waals surface area contributed by atoms with E-state index in [1.165, 1.54) is 7.11 Å². The molecule has 5 heteroatoms. The molecule has 5 nitrogen and oxygen atoms in total. The zero-order chi connectivity index (χ0) is 15.7. The van der Waals surface area contributed by atoms with Crippen LogP contribution in [0.1, 0.15) is 35.2 Å². The molecular formula is C17H18N2O3. The lowest BCUT2D eigenvalue weighted by Gasteiger charge is -2.29. The van der Waals surface area contributed by atoms with Crippen LogP contribution in [-0.2, 0) is 9.53 Å². The molecule has 0 aliphatic heterocycles. The fourth-order valence-corrected chi connectivity index (χ4v) is 3.91. The SMILES string of the molecule is COC(=O)[C@H]1[C@H]2CC[C@@H](C2)[C@@H]1NC(=O)c1ccc(C#N)cc1. The molecule has 2 aliphatic carbocycles. The van der Waals surface area contributed by atoms with E-state index in [0.29, 0.717) is 23.0 Å². The molecule has 0 spiro atoms. The number of nitrogens with zero attached hydrogens (tertiary/aromatic N) is 1. The number of fused-ring (bicyclic) bond motifs is 2. The second kappa shape index (κ2) is 5.80. The molecule has 0 heterocycles. The van der Waals surface area contributed by atoms with Crippen molar-refractivity contribution in [2.24, 2.45) is 17.8 Å². The Hall–Kier alpha value is -2.35. The number of methoxy groups -OCH3 is 1. The molecule has 2 saturated carbocycles. The molecule has 4 atom stereocenters. The van der Waals surface area contributed by atoms with E-state index >= 15 is 0 Å². The zero-order valence-electron chi connectivity index (χ0n) is 12.4. The fourth-order valence-electron chi connectivity index (χ4n) is 3.91. The maximum absolute atomic E-state index is 12.4. The molecule has 1 N–H and O–H groups in total. The van der Waals surface area contributed by atoms with E-state index in [-0.39, 0.29) is 23.8 Å². The summed E-state index contributed by atoms with van der Waals surface area (Å²) in [4.78, 5) is 24.4. The van der Waals surface area contributed by atoms with Gasteiger partial charge in [0.15, 0.2) is 0 Å². The maximum atomic E-state index is 12.4. The summed E-state index contributed by atoms with van der Waals surface area (Å²) < 4.78 is 4.91. The molecule has 0 aromatic heterocycles. The normalized spacial score (nSPS) is 28.9. The first-order chi connectivity index (χ1) is 10.6. The van der Waals surface area contributed by atoms with Crippen LogP contribution in [0.5, 0.6) is 0 Å². The molecule has 1 aromatic rings. The molecule has 0 radical (unpaired) electrons. The van der Waals surface area contributed by atoms with Crippen molar-refractivity contribution >= 4 is 11.9 Å². The van der Waals surface area contributed by atoms with Crippen LogP contribution in [0.4, 0.5) is 0 Å². The molecule has 0 unspecified atom stereocenters. The summed E-state index contributed by atoms with van der Waals surface area (Å²) in [6.45, 7) is 0. The van der Waals surface area contributed by atoms with Crippen LogP contribution in [0.25, 0.3) is 0 Å². The van der Waals surface area contributed by atoms with Gasteiger partial charge < -0.3 is 10.1 Å². The van der Waals surface area contributed by atoms with Crippen molar-refractivity contribution < 1.29 is 14.3 Å². The highest BCUT2D eigenvalue weighted by atomic mass is 16.5. The molecular weight excluding hydrogens is 280 g/mol. The van der Waals surface area contributed by atoms with Gasteiger partial charge in [-0.3, -0.25) is 9.59 Å². The number of ether oxygens (including phenoxy) is 1. The minimum Gasteiger partial charge on any atom is -0.469 e. The van der Waals surface area contributed by atoms with Crippen LogP contribution in [0.2, 0.25) is 0 Å². The van der Waals surface area contributed by atoms with Crippen molar-refractivity contribution in [2.75, 3.05) is 7.11 Å². The van der Waals surface area contributed by atoms with Gasteiger partial charge in [-0.2, -0.15) is 5.26 Å². The van der Waals surface area contributed by atoms with Gasteiger partial charge in [-0.05, 0) is 55.4 Å². The van der Waals surface area contributed by atoms with Gasteiger partial charge in [-0.25, -0.2) is 0 Å². The predicted molar refractivity (Wildman–Crippen MR) is 78.7 cm³/mol. The summed E-state index contributed by atoms with van der Waals surface area (Å²) >= 11 is 0. The Labute approximate surface area is 129 Å². The predicted octanol–water partition coefficient (Wildman–Crippen LogP) is 1.88. The second-order valence-electron chi connectivity index (χ2n) is 6.07. The second-order valence-corrected chi connectivity index (χ2v) is 6.07. The van der Waals surface area contributed by atoms with E-state index in [9.17, 15) is 9.59 Å². The monoisotopic (exact) mass is 298 g/mol. The van der Waals surface area contributed by atoms with Crippen molar-refractivity contribution in [3.05, 3.63) is 35.4 Å². The van der Waals surface area contributed by atoms with Crippen molar-refractivity contribution in [1.82, 2.24) is 5.32 Å². The van der Waals surface area contributed by atoms with Gasteiger partial charge in [0.2, 0.25) is 0 Å². The molecule has 2 fully saturated rings. The Morgan fingerprint density at radius 1 is 1.23 bits per heavy atom. The lowest BCUT2D eigenvalue weighted by molar-refractivity contribution is -0.148. The number of carbonyl (C=O) groups is 2. The van der Waals surface area contributed by atoms with Crippen LogP contribution in [0.3, 0.4) is 0 Å². The highest BCUT2D eigenvalue weighted by Crippen LogP contribution is 2.49. The smallest absolute Gasteiger partial charge is 0.311 e. The number of rotatable bonds is 3. The highest BCUT2D eigenvalue weighted by molar-refractivity contribution is 5.95. The van der Waals surface area contributed by atoms with Gasteiger partial charge in [0, 0.05) is 11.6 Å². The van der Waals surface area contributed by atoms with Crippen molar-refractivity contribution in [3.63, 3.8) is 0 Å². The zero-order valence-corrected chi connectivity index (χ0v) is 12.4. The third-order valence-corrected chi connectivity index (χ3v) is 4.96. The third kappa shape index (κ3) is 2.45. The molecule has 2 aliphatic rings. The van der Waals surface area contributed by atoms with Gasteiger partial charge >= 0.3 is 5.97 Å². The molecule has 1 amide bonds. The molecule has 1 aromatic carbocycles. The summed E-state index contributed by atoms with van der Waals surface area (Å²) in [5.74, 6) is 0.0273. The van der Waals surface area contributed by atoms with Crippen LogP contribution < -0.4 is 5.32 Å². The number of esters is 1. The van der Waals surface area contributed by atoms with Gasteiger partial charge in [-0.1, -0.05) is 0 Å². The number of nitriles is 1. The number of nitrogens with one attached hydrogen (secondary N) is 1. The first kappa shape index (κ1) is 14.6. The van der Waals surface area contributed by atoms with E-state index < -0.39 is 0 Å². The van der Waals surface area contributed by atoms with Crippen LogP contribution in [0.15, 0.2) is 24.3 Å².